The van der Waals surface area contributed by atoms with E-state index < -0.39 is 29.0 Å². The molecule has 2 aromatic rings. The lowest BCUT2D eigenvalue weighted by Crippen LogP contribution is -2.62. The summed E-state index contributed by atoms with van der Waals surface area (Å²) in [5, 5.41) is 29.9. The van der Waals surface area contributed by atoms with Gasteiger partial charge in [-0.2, -0.15) is 23.7 Å². The number of alkyl halides is 3. The van der Waals surface area contributed by atoms with Gasteiger partial charge in [0.2, 0.25) is 11.8 Å². The summed E-state index contributed by atoms with van der Waals surface area (Å²) in [6, 6.07) is 13.5. The molecular formula is C30H34F3N7O5S. The quantitative estimate of drug-likeness (QED) is 0.239. The number of ether oxygens (including phenoxy) is 1. The van der Waals surface area contributed by atoms with Crippen LogP contribution in [0.15, 0.2) is 35.4 Å². The molecule has 0 aliphatic carbocycles. The number of benzene rings is 1. The lowest BCUT2D eigenvalue weighted by Gasteiger charge is -2.41. The van der Waals surface area contributed by atoms with E-state index in [0.29, 0.717) is 85.9 Å². The summed E-state index contributed by atoms with van der Waals surface area (Å²) in [4.78, 5) is 40.9. The summed E-state index contributed by atoms with van der Waals surface area (Å²) < 4.78 is 37.1. The first-order valence-electron chi connectivity index (χ1n) is 14.4. The number of rotatable bonds is 8. The van der Waals surface area contributed by atoms with Crippen LogP contribution < -0.4 is 21.7 Å². The molecule has 2 aliphatic rings. The molecule has 46 heavy (non-hydrogen) atoms. The van der Waals surface area contributed by atoms with Gasteiger partial charge in [-0.15, -0.1) is 0 Å². The van der Waals surface area contributed by atoms with Crippen LogP contribution in [0.3, 0.4) is 0 Å². The summed E-state index contributed by atoms with van der Waals surface area (Å²) in [6.07, 6.45) is -2.34. The van der Waals surface area contributed by atoms with Crippen LogP contribution >= 0.6 is 11.8 Å². The molecule has 2 saturated heterocycles. The molecular weight excluding hydrogens is 627 g/mol. The van der Waals surface area contributed by atoms with Crippen molar-refractivity contribution in [1.29, 1.82) is 10.5 Å². The third kappa shape index (κ3) is 9.09. The highest BCUT2D eigenvalue weighted by Crippen LogP contribution is 2.40. The molecule has 0 spiro atoms. The molecule has 1 aromatic carbocycles. The summed E-state index contributed by atoms with van der Waals surface area (Å²) in [6.45, 7) is 3.95. The summed E-state index contributed by atoms with van der Waals surface area (Å²) in [5.41, 5.74) is 13.4. The Hall–Kier alpha value is -4.38. The number of carbonyl (C=O) groups is 3. The molecule has 2 amide bonds. The number of nitrogens with zero attached hydrogens (tertiary/aromatic N) is 4. The average Bonchev–Trinajstić information content (AvgIpc) is 3.03. The number of halogens is 3. The standard InChI is InChI=1S/C28H33N7O3S.C2HF3O2/c1-2-20-21(16-29)25(33-27(22(20)17-30)39-23(24(31)36)18-6-4-3-5-7-18)35-12-10-28(32,11-13-35)34-26(37)19-8-14-38-15-9-19;3-2(4,5)1(6)7/h3-7,19,23H,2,8-15,32H2,1H3,(H2,31,36)(H,34,37);(H,6,7). The Morgan fingerprint density at radius 1 is 1.15 bits per heavy atom. The van der Waals surface area contributed by atoms with E-state index >= 15 is 0 Å². The highest BCUT2D eigenvalue weighted by atomic mass is 32.2. The van der Waals surface area contributed by atoms with Crippen molar-refractivity contribution in [2.45, 2.75) is 61.1 Å². The summed E-state index contributed by atoms with van der Waals surface area (Å²) in [5.74, 6) is -3.00. The van der Waals surface area contributed by atoms with E-state index in [1.54, 1.807) is 12.1 Å². The number of aromatic nitrogens is 1. The van der Waals surface area contributed by atoms with Gasteiger partial charge in [-0.05, 0) is 30.4 Å². The van der Waals surface area contributed by atoms with Gasteiger partial charge in [-0.1, -0.05) is 49.0 Å². The number of thioether (sulfide) groups is 1. The minimum Gasteiger partial charge on any atom is -0.475 e. The van der Waals surface area contributed by atoms with E-state index in [1.165, 1.54) is 0 Å². The van der Waals surface area contributed by atoms with Crippen LogP contribution in [-0.4, -0.2) is 66.0 Å². The number of nitriles is 2. The first-order valence-corrected chi connectivity index (χ1v) is 15.2. The van der Waals surface area contributed by atoms with Crippen molar-refractivity contribution in [3.63, 3.8) is 0 Å². The van der Waals surface area contributed by atoms with Gasteiger partial charge in [0.15, 0.2) is 0 Å². The molecule has 0 saturated carbocycles. The Labute approximate surface area is 267 Å². The predicted molar refractivity (Wildman–Crippen MR) is 161 cm³/mol. The Bertz CT molecular complexity index is 1500. The van der Waals surface area contributed by atoms with E-state index in [2.05, 4.69) is 17.5 Å². The third-order valence-electron chi connectivity index (χ3n) is 7.58. The Kier molecular flexibility index (Phi) is 12.4. The van der Waals surface area contributed by atoms with Gasteiger partial charge < -0.3 is 31.5 Å². The zero-order valence-electron chi connectivity index (χ0n) is 25.0. The van der Waals surface area contributed by atoms with Gasteiger partial charge in [-0.25, -0.2) is 9.78 Å². The van der Waals surface area contributed by atoms with Crippen LogP contribution in [0.2, 0.25) is 0 Å². The number of anilines is 1. The fourth-order valence-corrected chi connectivity index (χ4v) is 6.14. The molecule has 1 unspecified atom stereocenters. The van der Waals surface area contributed by atoms with Crippen molar-refractivity contribution < 1.29 is 37.4 Å². The number of nitrogens with one attached hydrogen (secondary N) is 1. The number of hydrogen-bond acceptors (Lipinski definition) is 10. The van der Waals surface area contributed by atoms with Crippen molar-refractivity contribution in [1.82, 2.24) is 10.3 Å². The molecule has 2 fully saturated rings. The van der Waals surface area contributed by atoms with Gasteiger partial charge in [0.05, 0.1) is 16.8 Å². The molecule has 6 N–H and O–H groups in total. The zero-order chi connectivity index (χ0) is 34.1. The SMILES string of the molecule is CCc1c(C#N)c(SC(C(N)=O)c2ccccc2)nc(N2CCC(N)(NC(=O)C3CCOCC3)CC2)c1C#N.O=C(O)C(F)(F)F. The molecule has 246 valence electrons. The number of nitrogens with two attached hydrogens (primary N) is 2. The van der Waals surface area contributed by atoms with Crippen LogP contribution in [0.25, 0.3) is 0 Å². The predicted octanol–water partition coefficient (Wildman–Crippen LogP) is 3.14. The third-order valence-corrected chi connectivity index (χ3v) is 8.84. The lowest BCUT2D eigenvalue weighted by molar-refractivity contribution is -0.192. The number of primary amides is 1. The summed E-state index contributed by atoms with van der Waals surface area (Å²) in [7, 11) is 0. The maximum absolute atomic E-state index is 12.8. The molecule has 16 heteroatoms. The minimum atomic E-state index is -5.08. The molecule has 1 aromatic heterocycles. The largest absolute Gasteiger partial charge is 0.490 e. The minimum absolute atomic E-state index is 0.0474. The van der Waals surface area contributed by atoms with E-state index in [0.717, 1.165) is 11.8 Å². The van der Waals surface area contributed by atoms with Crippen molar-refractivity contribution >= 4 is 35.4 Å². The first-order chi connectivity index (χ1) is 21.7. The second kappa shape index (κ2) is 15.8. The van der Waals surface area contributed by atoms with Crippen LogP contribution in [0.1, 0.15) is 60.1 Å². The molecule has 2 aliphatic heterocycles. The average molecular weight is 662 g/mol. The molecule has 12 nitrogen and oxygen atoms in total. The smallest absolute Gasteiger partial charge is 0.475 e. The monoisotopic (exact) mass is 661 g/mol. The molecule has 3 heterocycles. The Balaban J connectivity index is 0.000000738. The number of carboxylic acids is 1. The molecule has 1 atom stereocenters. The van der Waals surface area contributed by atoms with E-state index in [1.807, 2.05) is 30.0 Å². The van der Waals surface area contributed by atoms with Gasteiger partial charge in [0.25, 0.3) is 0 Å². The number of aliphatic carboxylic acids is 1. The second-order valence-corrected chi connectivity index (χ2v) is 11.8. The number of piperidine rings is 1. The highest BCUT2D eigenvalue weighted by molar-refractivity contribution is 8.00. The van der Waals surface area contributed by atoms with Crippen molar-refractivity contribution in [2.24, 2.45) is 17.4 Å². The van der Waals surface area contributed by atoms with Gasteiger partial charge in [0.1, 0.15) is 28.2 Å². The molecule has 0 bridgehead atoms. The molecule has 0 radical (unpaired) electrons. The first kappa shape index (κ1) is 36.1. The van der Waals surface area contributed by atoms with Gasteiger partial charge >= 0.3 is 12.1 Å². The number of hydrogen-bond donors (Lipinski definition) is 4. The van der Waals surface area contributed by atoms with Gasteiger partial charge in [0, 0.05) is 45.1 Å². The number of pyridine rings is 1. The number of carbonyl (C=O) groups excluding carboxylic acids is 2. The second-order valence-electron chi connectivity index (χ2n) is 10.7. The van der Waals surface area contributed by atoms with E-state index in [9.17, 15) is 33.3 Å². The fraction of sp³-hybridized carbons (Fsp3) is 0.467. The maximum atomic E-state index is 12.8. The van der Waals surface area contributed by atoms with Crippen LogP contribution in [-0.2, 0) is 25.5 Å². The Morgan fingerprint density at radius 3 is 2.20 bits per heavy atom. The van der Waals surface area contributed by atoms with Crippen molar-refractivity contribution in [3.05, 3.63) is 52.6 Å². The Morgan fingerprint density at radius 2 is 1.72 bits per heavy atom. The number of amides is 2. The van der Waals surface area contributed by atoms with Crippen molar-refractivity contribution in [2.75, 3.05) is 31.2 Å². The van der Waals surface area contributed by atoms with E-state index in [4.69, 9.17) is 31.1 Å². The highest BCUT2D eigenvalue weighted by Gasteiger charge is 2.38. The lowest BCUT2D eigenvalue weighted by atomic mass is 9.93. The van der Waals surface area contributed by atoms with Crippen LogP contribution in [0, 0.1) is 28.6 Å². The fourth-order valence-electron chi connectivity index (χ4n) is 5.08. The zero-order valence-corrected chi connectivity index (χ0v) is 25.8. The normalized spacial score (nSPS) is 17.0. The number of carboxylic acid groups (broad SMARTS) is 1. The van der Waals surface area contributed by atoms with Crippen molar-refractivity contribution in [3.8, 4) is 12.1 Å². The van der Waals surface area contributed by atoms with Crippen LogP contribution in [0.5, 0.6) is 0 Å². The topological polar surface area (TPSA) is 208 Å². The maximum Gasteiger partial charge on any atom is 0.490 e. The van der Waals surface area contributed by atoms with E-state index in [-0.39, 0.29) is 17.4 Å². The van der Waals surface area contributed by atoms with Gasteiger partial charge in [-0.3, -0.25) is 9.59 Å². The van der Waals surface area contributed by atoms with Crippen LogP contribution in [0.4, 0.5) is 19.0 Å². The molecule has 4 rings (SSSR count). The summed E-state index contributed by atoms with van der Waals surface area (Å²) >= 11 is 1.12.